The third-order valence-corrected chi connectivity index (χ3v) is 0.201. The summed E-state index contributed by atoms with van der Waals surface area (Å²) >= 11 is 0. The number of amides is 2. The summed E-state index contributed by atoms with van der Waals surface area (Å²) in [6.45, 7) is 0. The Hall–Kier alpha value is -0.330. The van der Waals surface area contributed by atoms with E-state index in [2.05, 4.69) is 5.73 Å². The summed E-state index contributed by atoms with van der Waals surface area (Å²) in [6.07, 6.45) is 0. The number of rotatable bonds is 1. The molecule has 0 saturated carbocycles. The van der Waals surface area contributed by atoms with E-state index in [-0.39, 0.29) is 29.6 Å². The molecule has 0 unspecified atom stereocenters. The van der Waals surface area contributed by atoms with Gasteiger partial charge in [-0.3, -0.25) is 0 Å². The fourth-order valence-corrected chi connectivity index (χ4v) is 0.0900. The minimum atomic E-state index is -1.16. The Kier molecular flexibility index (Phi) is 6.39. The first-order valence-electron chi connectivity index (χ1n) is 1.33. The zero-order valence-electron chi connectivity index (χ0n) is 4.25. The average molecular weight is 128 g/mol. The molecule has 1 radical (unpaired) electrons. The van der Waals surface area contributed by atoms with Gasteiger partial charge in [0.05, 0.1) is 0 Å². The van der Waals surface area contributed by atoms with E-state index in [0.29, 0.717) is 0 Å². The standard InChI is InChI=1S/CH3N3O3.Na/c2-1(5)3-4(6)7;/h(H3,2,3,5);. The van der Waals surface area contributed by atoms with Gasteiger partial charge in [-0.2, -0.15) is 0 Å². The van der Waals surface area contributed by atoms with E-state index in [9.17, 15) is 14.9 Å². The molecule has 0 saturated heterocycles. The number of hydrazine groups is 1. The molecule has 0 rings (SSSR count). The molecule has 0 bridgehead atoms. The number of nitro groups is 1. The van der Waals surface area contributed by atoms with E-state index >= 15 is 0 Å². The van der Waals surface area contributed by atoms with Crippen LogP contribution < -0.4 is 11.2 Å². The molecular formula is CH3N3NaO3. The summed E-state index contributed by atoms with van der Waals surface area (Å²) < 4.78 is 0. The molecule has 8 heavy (non-hydrogen) atoms. The largest absolute Gasteiger partial charge is 0.370 e. The van der Waals surface area contributed by atoms with Crippen LogP contribution in [0.4, 0.5) is 4.79 Å². The second kappa shape index (κ2) is 4.82. The topological polar surface area (TPSA) is 98.3 Å². The minimum absolute atomic E-state index is 0. The quantitative estimate of drug-likeness (QED) is 0.254. The molecule has 0 aromatic heterocycles. The molecule has 7 heteroatoms. The second-order valence-corrected chi connectivity index (χ2v) is 0.733. The number of carbonyl (C=O) groups excluding carboxylic acids is 1. The van der Waals surface area contributed by atoms with Gasteiger partial charge in [-0.05, 0) is 0 Å². The van der Waals surface area contributed by atoms with E-state index in [4.69, 9.17) is 0 Å². The van der Waals surface area contributed by atoms with Crippen LogP contribution in [-0.2, 0) is 0 Å². The molecule has 0 spiro atoms. The zero-order valence-corrected chi connectivity index (χ0v) is 6.25. The monoisotopic (exact) mass is 128 g/mol. The van der Waals surface area contributed by atoms with E-state index in [1.165, 1.54) is 5.43 Å². The molecule has 0 aliphatic heterocycles. The number of urea groups is 1. The number of nitrogens with zero attached hydrogens (tertiary/aromatic N) is 1. The van der Waals surface area contributed by atoms with Gasteiger partial charge in [-0.1, -0.05) is 5.43 Å². The van der Waals surface area contributed by atoms with Gasteiger partial charge in [0.25, 0.3) is 0 Å². The van der Waals surface area contributed by atoms with Crippen LogP contribution in [0.1, 0.15) is 0 Å². The summed E-state index contributed by atoms with van der Waals surface area (Å²) in [5, 5.41) is 8.18. The van der Waals surface area contributed by atoms with Crippen LogP contribution in [0.2, 0.25) is 0 Å². The maximum Gasteiger partial charge on any atom is 0.370 e. The predicted octanol–water partition coefficient (Wildman–Crippen LogP) is -1.53. The number of nitrogens with two attached hydrogens (primary N) is 1. The van der Waals surface area contributed by atoms with Gasteiger partial charge in [0.2, 0.25) is 0 Å². The molecular weight excluding hydrogens is 125 g/mol. The fraction of sp³-hybridized carbons (Fsp3) is 0. The predicted molar refractivity (Wildman–Crippen MR) is 25.5 cm³/mol. The van der Waals surface area contributed by atoms with Crippen molar-refractivity contribution in [3.8, 4) is 0 Å². The molecule has 0 aromatic rings. The van der Waals surface area contributed by atoms with Crippen LogP contribution in [0, 0.1) is 10.1 Å². The van der Waals surface area contributed by atoms with Crippen molar-refractivity contribution >= 4 is 35.6 Å². The van der Waals surface area contributed by atoms with E-state index in [1.54, 1.807) is 0 Å². The van der Waals surface area contributed by atoms with Crippen LogP contribution in [0.15, 0.2) is 0 Å². The van der Waals surface area contributed by atoms with Crippen molar-refractivity contribution in [2.24, 2.45) is 5.73 Å². The Morgan fingerprint density at radius 3 is 2.12 bits per heavy atom. The smallest absolute Gasteiger partial charge is 0.347 e. The first-order valence-corrected chi connectivity index (χ1v) is 1.33. The number of hydrogen-bond acceptors (Lipinski definition) is 3. The molecule has 0 fully saturated rings. The van der Waals surface area contributed by atoms with Crippen LogP contribution in [-0.4, -0.2) is 40.6 Å². The van der Waals surface area contributed by atoms with Gasteiger partial charge >= 0.3 is 6.03 Å². The van der Waals surface area contributed by atoms with Gasteiger partial charge in [-0.15, -0.1) is 0 Å². The van der Waals surface area contributed by atoms with Crippen molar-refractivity contribution in [2.45, 2.75) is 0 Å². The van der Waals surface area contributed by atoms with Crippen LogP contribution in [0.5, 0.6) is 0 Å². The fourth-order valence-electron chi connectivity index (χ4n) is 0.0900. The summed E-state index contributed by atoms with van der Waals surface area (Å²) in [7, 11) is 0. The third kappa shape index (κ3) is 9.18. The van der Waals surface area contributed by atoms with Crippen molar-refractivity contribution in [3.05, 3.63) is 10.1 Å². The SMILES string of the molecule is NC(=O)N[N+](=O)[O-].[Na]. The van der Waals surface area contributed by atoms with Crippen molar-refractivity contribution < 1.29 is 9.83 Å². The van der Waals surface area contributed by atoms with Crippen molar-refractivity contribution in [1.82, 2.24) is 5.43 Å². The van der Waals surface area contributed by atoms with Crippen LogP contribution in [0.25, 0.3) is 0 Å². The Morgan fingerprint density at radius 2 is 2.12 bits per heavy atom. The summed E-state index contributed by atoms with van der Waals surface area (Å²) in [4.78, 5) is 18.7. The Morgan fingerprint density at radius 1 is 1.75 bits per heavy atom. The number of nitrogens with one attached hydrogen (secondary N) is 1. The molecule has 0 aliphatic carbocycles. The van der Waals surface area contributed by atoms with Gasteiger partial charge in [0, 0.05) is 29.6 Å². The molecule has 0 heterocycles. The van der Waals surface area contributed by atoms with Gasteiger partial charge < -0.3 is 5.73 Å². The van der Waals surface area contributed by atoms with Gasteiger partial charge in [0.1, 0.15) is 0 Å². The molecule has 41 valence electrons. The van der Waals surface area contributed by atoms with Crippen LogP contribution >= 0.6 is 0 Å². The normalized spacial score (nSPS) is 6.50. The van der Waals surface area contributed by atoms with Gasteiger partial charge in [0.15, 0.2) is 5.03 Å². The third-order valence-electron chi connectivity index (χ3n) is 0.201. The first-order chi connectivity index (χ1) is 3.13. The molecule has 6 nitrogen and oxygen atoms in total. The Balaban J connectivity index is 0. The zero-order chi connectivity index (χ0) is 5.86. The summed E-state index contributed by atoms with van der Waals surface area (Å²) in [6, 6.07) is -1.16. The van der Waals surface area contributed by atoms with E-state index in [0.717, 1.165) is 0 Å². The Labute approximate surface area is 66.8 Å². The van der Waals surface area contributed by atoms with E-state index < -0.39 is 11.1 Å². The average Bonchev–Trinajstić information content (AvgIpc) is 1.27. The first kappa shape index (κ1) is 10.6. The second-order valence-electron chi connectivity index (χ2n) is 0.733. The molecule has 0 aromatic carbocycles. The van der Waals surface area contributed by atoms with Gasteiger partial charge in [-0.25, -0.2) is 14.9 Å². The minimum Gasteiger partial charge on any atom is -0.347 e. The van der Waals surface area contributed by atoms with Crippen molar-refractivity contribution in [1.29, 1.82) is 0 Å². The summed E-state index contributed by atoms with van der Waals surface area (Å²) in [5.41, 5.74) is 5.47. The van der Waals surface area contributed by atoms with Crippen LogP contribution in [0.3, 0.4) is 0 Å². The molecule has 3 N–H and O–H groups in total. The Bertz CT molecular complexity index is 90.7. The summed E-state index contributed by atoms with van der Waals surface area (Å²) in [5.74, 6) is 0. The molecule has 0 aliphatic rings. The van der Waals surface area contributed by atoms with Crippen molar-refractivity contribution in [3.63, 3.8) is 0 Å². The van der Waals surface area contributed by atoms with E-state index in [1.807, 2.05) is 0 Å². The molecule has 2 amide bonds. The van der Waals surface area contributed by atoms with Crippen molar-refractivity contribution in [2.75, 3.05) is 0 Å². The number of carbonyl (C=O) groups is 1. The number of hydrogen-bond donors (Lipinski definition) is 2. The maximum absolute atomic E-state index is 9.48. The molecule has 0 atom stereocenters. The number of primary amides is 1. The maximum atomic E-state index is 9.48.